The molecule has 1 aromatic rings. The van der Waals surface area contributed by atoms with Gasteiger partial charge in [0.1, 0.15) is 0 Å². The highest BCUT2D eigenvalue weighted by Crippen LogP contribution is 2.49. The number of hydrogen-bond donors (Lipinski definition) is 0. The minimum absolute atomic E-state index is 0.143. The largest absolute Gasteiger partial charge is 0.373 e. The van der Waals surface area contributed by atoms with Crippen LogP contribution in [0.4, 0.5) is 0 Å². The quantitative estimate of drug-likeness (QED) is 0.836. The topological polar surface area (TPSA) is 33.0 Å². The molecule has 2 aliphatic rings. The standard InChI is InChI=1S/C14H14BrNO/c15-12-4-2-1-3-10(12)7-14(9-16)8-11-5-6-13(14)17-11/h1-4,11,13H,5-8H2. The number of hydrogen-bond acceptors (Lipinski definition) is 2. The van der Waals surface area contributed by atoms with E-state index in [9.17, 15) is 5.26 Å². The molecule has 0 amide bonds. The van der Waals surface area contributed by atoms with Crippen LogP contribution < -0.4 is 0 Å². The lowest BCUT2D eigenvalue weighted by Gasteiger charge is -2.28. The Balaban J connectivity index is 1.89. The van der Waals surface area contributed by atoms with Crippen LogP contribution in [-0.2, 0) is 11.2 Å². The molecular formula is C14H14BrNO. The minimum Gasteiger partial charge on any atom is -0.373 e. The minimum atomic E-state index is -0.299. The highest BCUT2D eigenvalue weighted by molar-refractivity contribution is 9.10. The normalized spacial score (nSPS) is 34.8. The summed E-state index contributed by atoms with van der Waals surface area (Å²) in [6.45, 7) is 0. The predicted molar refractivity (Wildman–Crippen MR) is 68.4 cm³/mol. The Bertz CT molecular complexity index is 481. The molecule has 2 fully saturated rings. The number of rotatable bonds is 2. The third-order valence-electron chi connectivity index (χ3n) is 4.00. The first kappa shape index (κ1) is 11.3. The van der Waals surface area contributed by atoms with E-state index in [1.54, 1.807) is 0 Å². The third-order valence-corrected chi connectivity index (χ3v) is 4.78. The van der Waals surface area contributed by atoms with Gasteiger partial charge in [-0.3, -0.25) is 0 Å². The molecular weight excluding hydrogens is 278 g/mol. The molecule has 2 aliphatic heterocycles. The van der Waals surface area contributed by atoms with Gasteiger partial charge in [-0.2, -0.15) is 5.26 Å². The van der Waals surface area contributed by atoms with Crippen molar-refractivity contribution in [2.45, 2.75) is 37.9 Å². The predicted octanol–water partition coefficient (Wildman–Crippen LogP) is 3.45. The summed E-state index contributed by atoms with van der Waals surface area (Å²) in [4.78, 5) is 0. The second-order valence-electron chi connectivity index (χ2n) is 5.06. The number of nitriles is 1. The van der Waals surface area contributed by atoms with Crippen molar-refractivity contribution in [3.63, 3.8) is 0 Å². The van der Waals surface area contributed by atoms with Crippen molar-refractivity contribution in [2.75, 3.05) is 0 Å². The fourth-order valence-corrected chi connectivity index (χ4v) is 3.55. The molecule has 0 N–H and O–H groups in total. The van der Waals surface area contributed by atoms with Gasteiger partial charge in [-0.15, -0.1) is 0 Å². The summed E-state index contributed by atoms with van der Waals surface area (Å²) < 4.78 is 6.95. The first-order valence-electron chi connectivity index (χ1n) is 6.04. The molecule has 3 atom stereocenters. The van der Waals surface area contributed by atoms with Gasteiger partial charge in [0.15, 0.2) is 0 Å². The van der Waals surface area contributed by atoms with Crippen molar-refractivity contribution in [2.24, 2.45) is 5.41 Å². The number of fused-ring (bicyclic) bond motifs is 2. The van der Waals surface area contributed by atoms with Gasteiger partial charge in [-0.1, -0.05) is 34.1 Å². The van der Waals surface area contributed by atoms with E-state index < -0.39 is 0 Å². The lowest BCUT2D eigenvalue weighted by atomic mass is 9.71. The van der Waals surface area contributed by atoms with Crippen LogP contribution in [0.1, 0.15) is 24.8 Å². The molecule has 0 spiro atoms. The summed E-state index contributed by atoms with van der Waals surface area (Å²) in [6, 6.07) is 10.7. The zero-order valence-electron chi connectivity index (χ0n) is 9.53. The lowest BCUT2D eigenvalue weighted by molar-refractivity contribution is 0.0787. The van der Waals surface area contributed by atoms with Crippen LogP contribution in [0.2, 0.25) is 0 Å². The molecule has 0 aromatic heterocycles. The van der Waals surface area contributed by atoms with Crippen molar-refractivity contribution < 1.29 is 4.74 Å². The maximum atomic E-state index is 9.55. The number of halogens is 1. The Morgan fingerprint density at radius 3 is 2.82 bits per heavy atom. The molecule has 0 aliphatic carbocycles. The monoisotopic (exact) mass is 291 g/mol. The van der Waals surface area contributed by atoms with E-state index in [-0.39, 0.29) is 11.5 Å². The van der Waals surface area contributed by atoms with E-state index in [0.717, 1.165) is 30.2 Å². The molecule has 2 nitrogen and oxygen atoms in total. The van der Waals surface area contributed by atoms with E-state index >= 15 is 0 Å². The highest BCUT2D eigenvalue weighted by Gasteiger charge is 2.52. The second-order valence-corrected chi connectivity index (χ2v) is 5.92. The summed E-state index contributed by atoms with van der Waals surface area (Å²) in [5.74, 6) is 0. The molecule has 88 valence electrons. The summed E-state index contributed by atoms with van der Waals surface area (Å²) in [7, 11) is 0. The fraction of sp³-hybridized carbons (Fsp3) is 0.500. The molecule has 3 rings (SSSR count). The van der Waals surface area contributed by atoms with Crippen LogP contribution in [-0.4, -0.2) is 12.2 Å². The van der Waals surface area contributed by atoms with E-state index in [1.807, 2.05) is 18.2 Å². The molecule has 2 heterocycles. The van der Waals surface area contributed by atoms with E-state index in [1.165, 1.54) is 5.56 Å². The van der Waals surface area contributed by atoms with Crippen LogP contribution in [0.15, 0.2) is 28.7 Å². The van der Waals surface area contributed by atoms with E-state index in [2.05, 4.69) is 28.1 Å². The van der Waals surface area contributed by atoms with Crippen LogP contribution in [0, 0.1) is 16.7 Å². The van der Waals surface area contributed by atoms with Gasteiger partial charge >= 0.3 is 0 Å². The molecule has 3 unspecified atom stereocenters. The van der Waals surface area contributed by atoms with Gasteiger partial charge in [0.05, 0.1) is 23.7 Å². The average molecular weight is 292 g/mol. The highest BCUT2D eigenvalue weighted by atomic mass is 79.9. The number of ether oxygens (including phenoxy) is 1. The average Bonchev–Trinajstić information content (AvgIpc) is 2.93. The maximum absolute atomic E-state index is 9.55. The molecule has 0 radical (unpaired) electrons. The molecule has 0 saturated carbocycles. The van der Waals surface area contributed by atoms with Gasteiger partial charge in [-0.25, -0.2) is 0 Å². The van der Waals surface area contributed by atoms with Crippen LogP contribution in [0.25, 0.3) is 0 Å². The van der Waals surface area contributed by atoms with Gasteiger partial charge in [-0.05, 0) is 37.3 Å². The van der Waals surface area contributed by atoms with Crippen molar-refractivity contribution in [1.29, 1.82) is 5.26 Å². The van der Waals surface area contributed by atoms with E-state index in [0.29, 0.717) is 6.10 Å². The van der Waals surface area contributed by atoms with Crippen molar-refractivity contribution in [3.05, 3.63) is 34.3 Å². The Morgan fingerprint density at radius 2 is 2.24 bits per heavy atom. The Hall–Kier alpha value is -0.850. The van der Waals surface area contributed by atoms with Crippen LogP contribution in [0.3, 0.4) is 0 Å². The first-order valence-corrected chi connectivity index (χ1v) is 6.83. The molecule has 3 heteroatoms. The summed E-state index contributed by atoms with van der Waals surface area (Å²) in [5, 5.41) is 9.55. The molecule has 2 bridgehead atoms. The zero-order valence-corrected chi connectivity index (χ0v) is 11.1. The van der Waals surface area contributed by atoms with Crippen LogP contribution >= 0.6 is 15.9 Å². The van der Waals surface area contributed by atoms with Gasteiger partial charge < -0.3 is 4.74 Å². The number of benzene rings is 1. The summed E-state index contributed by atoms with van der Waals surface area (Å²) in [5.41, 5.74) is 0.914. The van der Waals surface area contributed by atoms with Gasteiger partial charge in [0.25, 0.3) is 0 Å². The Morgan fingerprint density at radius 1 is 1.41 bits per heavy atom. The molecule has 1 aromatic carbocycles. The SMILES string of the molecule is N#CC1(Cc2ccccc2Br)CC2CCC1O2. The van der Waals surface area contributed by atoms with Crippen molar-refractivity contribution >= 4 is 15.9 Å². The maximum Gasteiger partial charge on any atom is 0.0900 e. The van der Waals surface area contributed by atoms with Gasteiger partial charge in [0, 0.05) is 4.47 Å². The van der Waals surface area contributed by atoms with E-state index in [4.69, 9.17) is 4.74 Å². The molecule has 2 saturated heterocycles. The Labute approximate surface area is 110 Å². The van der Waals surface area contributed by atoms with Gasteiger partial charge in [0.2, 0.25) is 0 Å². The first-order chi connectivity index (χ1) is 8.23. The third kappa shape index (κ3) is 1.80. The smallest absolute Gasteiger partial charge is 0.0900 e. The Kier molecular flexibility index (Phi) is 2.72. The fourth-order valence-electron chi connectivity index (χ4n) is 3.12. The number of nitrogens with zero attached hydrogens (tertiary/aromatic N) is 1. The lowest BCUT2D eigenvalue weighted by Crippen LogP contribution is -2.33. The molecule has 17 heavy (non-hydrogen) atoms. The zero-order chi connectivity index (χ0) is 11.9. The summed E-state index contributed by atoms with van der Waals surface area (Å²) in [6.07, 6.45) is 4.33. The van der Waals surface area contributed by atoms with Crippen molar-refractivity contribution in [3.8, 4) is 6.07 Å². The van der Waals surface area contributed by atoms with Crippen LogP contribution in [0.5, 0.6) is 0 Å². The van der Waals surface area contributed by atoms with Crippen molar-refractivity contribution in [1.82, 2.24) is 0 Å². The summed E-state index contributed by atoms with van der Waals surface area (Å²) >= 11 is 3.56. The second kappa shape index (κ2) is 4.12.